The topological polar surface area (TPSA) is 82.0 Å². The summed E-state index contributed by atoms with van der Waals surface area (Å²) >= 11 is 6.06. The van der Waals surface area contributed by atoms with Gasteiger partial charge in [-0.05, 0) is 23.6 Å². The Morgan fingerprint density at radius 1 is 1.44 bits per heavy atom. The number of nitrogen functional groups attached to an aromatic ring is 1. The van der Waals surface area contributed by atoms with E-state index in [1.165, 1.54) is 12.1 Å². The summed E-state index contributed by atoms with van der Waals surface area (Å²) in [6.07, 6.45) is 0. The molecule has 94 valence electrons. The van der Waals surface area contributed by atoms with Crippen LogP contribution in [0.1, 0.15) is 25.3 Å². The molecular formula is C12H12ClN3O2. The van der Waals surface area contributed by atoms with E-state index >= 15 is 0 Å². The van der Waals surface area contributed by atoms with Crippen LogP contribution in [-0.2, 0) is 0 Å². The van der Waals surface area contributed by atoms with Crippen molar-refractivity contribution in [1.29, 1.82) is 0 Å². The molecule has 18 heavy (non-hydrogen) atoms. The van der Waals surface area contributed by atoms with Gasteiger partial charge in [0.1, 0.15) is 5.82 Å². The van der Waals surface area contributed by atoms with Gasteiger partial charge in [-0.1, -0.05) is 25.4 Å². The van der Waals surface area contributed by atoms with Gasteiger partial charge in [0.25, 0.3) is 5.69 Å². The largest absolute Gasteiger partial charge is 0.383 e. The van der Waals surface area contributed by atoms with Crippen molar-refractivity contribution >= 4 is 34.0 Å². The van der Waals surface area contributed by atoms with Crippen molar-refractivity contribution in [3.05, 3.63) is 38.9 Å². The molecule has 0 aliphatic rings. The molecular weight excluding hydrogens is 254 g/mol. The lowest BCUT2D eigenvalue weighted by atomic mass is 10.0. The molecule has 5 nitrogen and oxygen atoms in total. The highest BCUT2D eigenvalue weighted by molar-refractivity contribution is 6.35. The summed E-state index contributed by atoms with van der Waals surface area (Å²) in [5.41, 5.74) is 6.81. The molecule has 0 aliphatic carbocycles. The number of hydrogen-bond acceptors (Lipinski definition) is 4. The summed E-state index contributed by atoms with van der Waals surface area (Å²) in [4.78, 5) is 14.6. The van der Waals surface area contributed by atoms with Crippen molar-refractivity contribution in [3.8, 4) is 0 Å². The second-order valence-electron chi connectivity index (χ2n) is 4.34. The lowest BCUT2D eigenvalue weighted by molar-refractivity contribution is -0.383. The number of fused-ring (bicyclic) bond motifs is 1. The van der Waals surface area contributed by atoms with Crippen molar-refractivity contribution < 1.29 is 4.92 Å². The molecule has 0 fully saturated rings. The molecule has 0 atom stereocenters. The monoisotopic (exact) mass is 265 g/mol. The van der Waals surface area contributed by atoms with Crippen LogP contribution >= 0.6 is 11.6 Å². The Bertz CT molecular complexity index is 641. The molecule has 0 spiro atoms. The molecule has 1 aromatic carbocycles. The number of nitrogens with zero attached hydrogens (tertiary/aromatic N) is 2. The highest BCUT2D eigenvalue weighted by Gasteiger charge is 2.18. The van der Waals surface area contributed by atoms with Crippen LogP contribution in [0, 0.1) is 10.1 Å². The summed E-state index contributed by atoms with van der Waals surface area (Å²) < 4.78 is 0. The van der Waals surface area contributed by atoms with E-state index in [-0.39, 0.29) is 17.1 Å². The average Bonchev–Trinajstić information content (AvgIpc) is 2.27. The van der Waals surface area contributed by atoms with E-state index in [4.69, 9.17) is 17.3 Å². The Hall–Kier alpha value is -1.88. The Balaban J connectivity index is 2.86. The summed E-state index contributed by atoms with van der Waals surface area (Å²) in [6, 6.07) is 4.62. The van der Waals surface area contributed by atoms with E-state index in [0.717, 1.165) is 5.56 Å². The predicted octanol–water partition coefficient (Wildman–Crippen LogP) is 3.50. The van der Waals surface area contributed by atoms with Gasteiger partial charge in [0, 0.05) is 11.5 Å². The minimum Gasteiger partial charge on any atom is -0.383 e. The molecule has 2 aromatic rings. The van der Waals surface area contributed by atoms with Crippen molar-refractivity contribution in [1.82, 2.24) is 4.98 Å². The molecule has 2 N–H and O–H groups in total. The smallest absolute Gasteiger partial charge is 0.295 e. The second kappa shape index (κ2) is 4.42. The van der Waals surface area contributed by atoms with Crippen LogP contribution in [0.15, 0.2) is 18.2 Å². The van der Waals surface area contributed by atoms with Crippen LogP contribution in [0.5, 0.6) is 0 Å². The van der Waals surface area contributed by atoms with E-state index in [1.54, 1.807) is 6.07 Å². The molecule has 0 radical (unpaired) electrons. The first kappa shape index (κ1) is 12.6. The molecule has 1 aromatic heterocycles. The van der Waals surface area contributed by atoms with Crippen molar-refractivity contribution in [2.24, 2.45) is 0 Å². The highest BCUT2D eigenvalue weighted by Crippen LogP contribution is 2.33. The molecule has 0 amide bonds. The first-order valence-corrected chi connectivity index (χ1v) is 5.82. The first-order chi connectivity index (χ1) is 8.41. The normalized spacial score (nSPS) is 11.1. The minimum atomic E-state index is -0.486. The van der Waals surface area contributed by atoms with Crippen LogP contribution in [0.2, 0.25) is 5.02 Å². The molecule has 0 saturated carbocycles. The maximum Gasteiger partial charge on any atom is 0.295 e. The lowest BCUT2D eigenvalue weighted by Crippen LogP contribution is -2.01. The van der Waals surface area contributed by atoms with Gasteiger partial charge in [-0.3, -0.25) is 10.1 Å². The number of pyridine rings is 1. The second-order valence-corrected chi connectivity index (χ2v) is 4.74. The van der Waals surface area contributed by atoms with Crippen LogP contribution < -0.4 is 5.73 Å². The molecule has 0 unspecified atom stereocenters. The van der Waals surface area contributed by atoms with Crippen molar-refractivity contribution in [3.63, 3.8) is 0 Å². The first-order valence-electron chi connectivity index (χ1n) is 5.45. The fourth-order valence-electron chi connectivity index (χ4n) is 1.85. The molecule has 0 aliphatic heterocycles. The zero-order chi connectivity index (χ0) is 13.4. The van der Waals surface area contributed by atoms with Crippen LogP contribution in [0.3, 0.4) is 0 Å². The third-order valence-corrected chi connectivity index (χ3v) is 3.12. The third kappa shape index (κ3) is 1.97. The third-order valence-electron chi connectivity index (χ3n) is 2.79. The number of halogens is 1. The fraction of sp³-hybridized carbons (Fsp3) is 0.250. The molecule has 0 bridgehead atoms. The van der Waals surface area contributed by atoms with Crippen LogP contribution in [0.4, 0.5) is 11.5 Å². The van der Waals surface area contributed by atoms with E-state index in [2.05, 4.69) is 4.98 Å². The Morgan fingerprint density at radius 2 is 2.11 bits per heavy atom. The average molecular weight is 266 g/mol. The summed E-state index contributed by atoms with van der Waals surface area (Å²) in [6.45, 7) is 3.95. The highest BCUT2D eigenvalue weighted by atomic mass is 35.5. The Kier molecular flexibility index (Phi) is 3.09. The fourth-order valence-corrected chi connectivity index (χ4v) is 2.06. The van der Waals surface area contributed by atoms with E-state index in [0.29, 0.717) is 16.2 Å². The zero-order valence-electron chi connectivity index (χ0n) is 9.98. The summed E-state index contributed by atoms with van der Waals surface area (Å²) in [5.74, 6) is 0.486. The van der Waals surface area contributed by atoms with Gasteiger partial charge in [0.2, 0.25) is 0 Å². The van der Waals surface area contributed by atoms with Gasteiger partial charge in [-0.15, -0.1) is 0 Å². The number of aromatic nitrogens is 1. The minimum absolute atomic E-state index is 0.0867. The molecule has 2 rings (SSSR count). The van der Waals surface area contributed by atoms with Gasteiger partial charge < -0.3 is 5.73 Å². The van der Waals surface area contributed by atoms with Gasteiger partial charge in [0.05, 0.1) is 9.95 Å². The van der Waals surface area contributed by atoms with E-state index < -0.39 is 4.92 Å². The maximum absolute atomic E-state index is 10.9. The van der Waals surface area contributed by atoms with Gasteiger partial charge in [-0.2, -0.15) is 0 Å². The lowest BCUT2D eigenvalue weighted by Gasteiger charge is -2.10. The number of anilines is 1. The Morgan fingerprint density at radius 3 is 2.67 bits per heavy atom. The molecule has 0 saturated heterocycles. The standard InChI is InChI=1S/C12H12ClN3O2/c1-6(2)7-5-8-9(13)3-4-10(16(17)18)11(8)15-12(7)14/h3-6H,1-2H3,(H2,14,15). The summed E-state index contributed by atoms with van der Waals surface area (Å²) in [5, 5.41) is 11.9. The van der Waals surface area contributed by atoms with E-state index in [1.807, 2.05) is 13.8 Å². The number of hydrogen-bond donors (Lipinski definition) is 1. The number of nitrogens with two attached hydrogens (primary N) is 1. The van der Waals surface area contributed by atoms with Gasteiger partial charge >= 0.3 is 0 Å². The van der Waals surface area contributed by atoms with Gasteiger partial charge in [0.15, 0.2) is 5.52 Å². The van der Waals surface area contributed by atoms with Crippen LogP contribution in [0.25, 0.3) is 10.9 Å². The Labute approximate surface area is 109 Å². The zero-order valence-corrected chi connectivity index (χ0v) is 10.7. The number of nitro benzene ring substituents is 1. The van der Waals surface area contributed by atoms with Crippen molar-refractivity contribution in [2.45, 2.75) is 19.8 Å². The van der Waals surface area contributed by atoms with Gasteiger partial charge in [-0.25, -0.2) is 4.98 Å². The number of benzene rings is 1. The molecule has 1 heterocycles. The SMILES string of the molecule is CC(C)c1cc2c(Cl)ccc([N+](=O)[O-])c2nc1N. The summed E-state index contributed by atoms with van der Waals surface area (Å²) in [7, 11) is 0. The maximum atomic E-state index is 10.9. The number of nitro groups is 1. The predicted molar refractivity (Wildman–Crippen MR) is 71.9 cm³/mol. The van der Waals surface area contributed by atoms with E-state index in [9.17, 15) is 10.1 Å². The molecule has 6 heteroatoms. The van der Waals surface area contributed by atoms with Crippen molar-refractivity contribution in [2.75, 3.05) is 5.73 Å². The van der Waals surface area contributed by atoms with Crippen LogP contribution in [-0.4, -0.2) is 9.91 Å². The quantitative estimate of drug-likeness (QED) is 0.665. The number of rotatable bonds is 2. The number of non-ortho nitro benzene ring substituents is 1.